The molecule has 16 heavy (non-hydrogen) atoms. The zero-order valence-corrected chi connectivity index (χ0v) is 9.77. The van der Waals surface area contributed by atoms with Crippen LogP contribution >= 0.6 is 11.6 Å². The summed E-state index contributed by atoms with van der Waals surface area (Å²) >= 11 is 5.61. The van der Waals surface area contributed by atoms with Gasteiger partial charge in [0.1, 0.15) is 6.61 Å². The van der Waals surface area contributed by atoms with Crippen LogP contribution in [0.5, 0.6) is 5.88 Å². The average molecular weight is 246 g/mol. The van der Waals surface area contributed by atoms with Crippen LogP contribution in [0.2, 0.25) is 5.02 Å². The van der Waals surface area contributed by atoms with Crippen molar-refractivity contribution in [1.82, 2.24) is 9.88 Å². The van der Waals surface area contributed by atoms with Gasteiger partial charge in [0.05, 0.1) is 16.1 Å². The van der Waals surface area contributed by atoms with Gasteiger partial charge in [-0.15, -0.1) is 0 Å². The fourth-order valence-electron chi connectivity index (χ4n) is 0.983. The molecule has 0 amide bonds. The molecule has 1 rings (SSSR count). The molecule has 1 aromatic heterocycles. The van der Waals surface area contributed by atoms with Crippen molar-refractivity contribution in [3.63, 3.8) is 0 Å². The van der Waals surface area contributed by atoms with Crippen molar-refractivity contribution in [1.29, 1.82) is 0 Å². The molecule has 7 heteroatoms. The van der Waals surface area contributed by atoms with Gasteiger partial charge >= 0.3 is 5.69 Å². The molecular weight excluding hydrogens is 234 g/mol. The lowest BCUT2D eigenvalue weighted by Gasteiger charge is -2.10. The van der Waals surface area contributed by atoms with E-state index in [2.05, 4.69) is 4.98 Å². The third-order valence-corrected chi connectivity index (χ3v) is 1.98. The summed E-state index contributed by atoms with van der Waals surface area (Å²) in [6.45, 7) is 0.990. The van der Waals surface area contributed by atoms with Gasteiger partial charge in [0.2, 0.25) is 0 Å². The fraction of sp³-hybridized carbons (Fsp3) is 0.444. The summed E-state index contributed by atoms with van der Waals surface area (Å²) < 4.78 is 5.21. The molecule has 1 aromatic rings. The first-order valence-corrected chi connectivity index (χ1v) is 4.96. The van der Waals surface area contributed by atoms with E-state index in [-0.39, 0.29) is 16.6 Å². The third-order valence-electron chi connectivity index (χ3n) is 1.77. The number of hydrogen-bond donors (Lipinski definition) is 0. The lowest BCUT2D eigenvalue weighted by molar-refractivity contribution is -0.386. The molecule has 0 unspecified atom stereocenters. The van der Waals surface area contributed by atoms with E-state index in [1.807, 2.05) is 19.0 Å². The van der Waals surface area contributed by atoms with E-state index in [0.717, 1.165) is 0 Å². The van der Waals surface area contributed by atoms with Gasteiger partial charge in [-0.3, -0.25) is 10.1 Å². The molecule has 0 saturated carbocycles. The lowest BCUT2D eigenvalue weighted by atomic mass is 10.4. The summed E-state index contributed by atoms with van der Waals surface area (Å²) in [5.74, 6) is -0.00347. The maximum Gasteiger partial charge on any atom is 0.332 e. The van der Waals surface area contributed by atoms with Crippen molar-refractivity contribution in [2.45, 2.75) is 0 Å². The van der Waals surface area contributed by atoms with Crippen LogP contribution in [-0.2, 0) is 0 Å². The van der Waals surface area contributed by atoms with Crippen LogP contribution < -0.4 is 4.74 Å². The van der Waals surface area contributed by atoms with Gasteiger partial charge in [0.25, 0.3) is 5.88 Å². The molecule has 0 saturated heterocycles. The van der Waals surface area contributed by atoms with Gasteiger partial charge in [-0.05, 0) is 14.1 Å². The van der Waals surface area contributed by atoms with Crippen LogP contribution in [0.25, 0.3) is 0 Å². The molecule has 0 aromatic carbocycles. The minimum atomic E-state index is -0.566. The van der Waals surface area contributed by atoms with Crippen LogP contribution in [0.4, 0.5) is 5.69 Å². The Morgan fingerprint density at radius 3 is 2.88 bits per heavy atom. The fourth-order valence-corrected chi connectivity index (χ4v) is 1.14. The smallest absolute Gasteiger partial charge is 0.332 e. The van der Waals surface area contributed by atoms with Crippen molar-refractivity contribution in [3.8, 4) is 5.88 Å². The Hall–Kier alpha value is -1.40. The number of halogens is 1. The Labute approximate surface area is 97.9 Å². The van der Waals surface area contributed by atoms with E-state index in [1.165, 1.54) is 12.3 Å². The Bertz CT molecular complexity index is 384. The van der Waals surface area contributed by atoms with E-state index in [9.17, 15) is 10.1 Å². The number of ether oxygens (including phenoxy) is 1. The second kappa shape index (κ2) is 5.62. The minimum absolute atomic E-state index is 0.00347. The van der Waals surface area contributed by atoms with E-state index >= 15 is 0 Å². The number of nitro groups is 1. The van der Waals surface area contributed by atoms with E-state index in [1.54, 1.807) is 0 Å². The molecule has 0 spiro atoms. The van der Waals surface area contributed by atoms with E-state index < -0.39 is 4.92 Å². The number of nitrogens with zero attached hydrogens (tertiary/aromatic N) is 3. The van der Waals surface area contributed by atoms with Crippen LogP contribution in [0.15, 0.2) is 12.3 Å². The standard InChI is InChI=1S/C9H12ClN3O3/c1-12(2)3-4-16-9-8(13(14)15)5-7(10)6-11-9/h5-6H,3-4H2,1-2H3. The number of aromatic nitrogens is 1. The van der Waals surface area contributed by atoms with Crippen molar-refractivity contribution in [3.05, 3.63) is 27.4 Å². The molecule has 1 heterocycles. The second-order valence-electron chi connectivity index (χ2n) is 3.39. The van der Waals surface area contributed by atoms with Gasteiger partial charge in [-0.2, -0.15) is 0 Å². The highest BCUT2D eigenvalue weighted by Crippen LogP contribution is 2.26. The first-order chi connectivity index (χ1) is 7.50. The van der Waals surface area contributed by atoms with Crippen LogP contribution in [-0.4, -0.2) is 42.1 Å². The van der Waals surface area contributed by atoms with Crippen LogP contribution in [0.1, 0.15) is 0 Å². The summed E-state index contributed by atoms with van der Waals surface area (Å²) in [5.41, 5.74) is -0.216. The van der Waals surface area contributed by atoms with Crippen LogP contribution in [0, 0.1) is 10.1 Å². The second-order valence-corrected chi connectivity index (χ2v) is 3.82. The zero-order chi connectivity index (χ0) is 12.1. The molecule has 0 fully saturated rings. The number of rotatable bonds is 5. The molecule has 0 aliphatic heterocycles. The average Bonchev–Trinajstić information content (AvgIpc) is 2.19. The Balaban J connectivity index is 2.75. The molecule has 0 N–H and O–H groups in total. The number of likely N-dealkylation sites (N-methyl/N-ethyl adjacent to an activating group) is 1. The van der Waals surface area contributed by atoms with E-state index in [4.69, 9.17) is 16.3 Å². The number of pyridine rings is 1. The Morgan fingerprint density at radius 2 is 2.31 bits per heavy atom. The normalized spacial score (nSPS) is 10.5. The van der Waals surface area contributed by atoms with Crippen molar-refractivity contribution in [2.75, 3.05) is 27.2 Å². The lowest BCUT2D eigenvalue weighted by Crippen LogP contribution is -2.20. The highest BCUT2D eigenvalue weighted by atomic mass is 35.5. The summed E-state index contributed by atoms with van der Waals surface area (Å²) in [4.78, 5) is 15.8. The van der Waals surface area contributed by atoms with Gasteiger partial charge < -0.3 is 9.64 Å². The predicted molar refractivity (Wildman–Crippen MR) is 60.0 cm³/mol. The van der Waals surface area contributed by atoms with Crippen LogP contribution in [0.3, 0.4) is 0 Å². The van der Waals surface area contributed by atoms with Gasteiger partial charge in [0, 0.05) is 12.6 Å². The van der Waals surface area contributed by atoms with Gasteiger partial charge in [-0.1, -0.05) is 11.6 Å². The molecular formula is C9H12ClN3O3. The highest BCUT2D eigenvalue weighted by molar-refractivity contribution is 6.30. The maximum absolute atomic E-state index is 10.7. The Kier molecular flexibility index (Phi) is 4.45. The molecule has 0 aliphatic carbocycles. The molecule has 0 radical (unpaired) electrons. The summed E-state index contributed by atoms with van der Waals surface area (Å²) in [6, 6.07) is 1.22. The molecule has 0 bridgehead atoms. The zero-order valence-electron chi connectivity index (χ0n) is 9.01. The summed E-state index contributed by atoms with van der Waals surface area (Å²) in [6.07, 6.45) is 1.32. The molecule has 6 nitrogen and oxygen atoms in total. The first-order valence-electron chi connectivity index (χ1n) is 4.58. The highest BCUT2D eigenvalue weighted by Gasteiger charge is 2.17. The minimum Gasteiger partial charge on any atom is -0.471 e. The van der Waals surface area contributed by atoms with Crippen molar-refractivity contribution < 1.29 is 9.66 Å². The largest absolute Gasteiger partial charge is 0.471 e. The van der Waals surface area contributed by atoms with E-state index in [0.29, 0.717) is 13.2 Å². The third kappa shape index (κ3) is 3.63. The number of hydrogen-bond acceptors (Lipinski definition) is 5. The van der Waals surface area contributed by atoms with Gasteiger partial charge in [0.15, 0.2) is 0 Å². The summed E-state index contributed by atoms with van der Waals surface area (Å²) in [7, 11) is 3.76. The first kappa shape index (κ1) is 12.7. The van der Waals surface area contributed by atoms with Crippen molar-refractivity contribution >= 4 is 17.3 Å². The van der Waals surface area contributed by atoms with Crippen molar-refractivity contribution in [2.24, 2.45) is 0 Å². The molecule has 0 atom stereocenters. The molecule has 0 aliphatic rings. The molecule has 88 valence electrons. The monoisotopic (exact) mass is 245 g/mol. The SMILES string of the molecule is CN(C)CCOc1ncc(Cl)cc1[N+](=O)[O-]. The maximum atomic E-state index is 10.7. The quantitative estimate of drug-likeness (QED) is 0.582. The topological polar surface area (TPSA) is 68.5 Å². The summed E-state index contributed by atoms with van der Waals surface area (Å²) in [5, 5.41) is 10.9. The van der Waals surface area contributed by atoms with Gasteiger partial charge in [-0.25, -0.2) is 4.98 Å². The Morgan fingerprint density at radius 1 is 1.62 bits per heavy atom. The predicted octanol–water partition coefficient (Wildman–Crippen LogP) is 1.58.